The molecule has 0 bridgehead atoms. The third-order valence-electron chi connectivity index (χ3n) is 3.84. The molecular weight excluding hydrogens is 313 g/mol. The van der Waals surface area contributed by atoms with Crippen molar-refractivity contribution in [2.75, 3.05) is 13.6 Å². The molecule has 1 amide bonds. The molecular formula is C17H18FN3O3. The Morgan fingerprint density at radius 2 is 2.21 bits per heavy atom. The van der Waals surface area contributed by atoms with Crippen molar-refractivity contribution in [3.05, 3.63) is 71.2 Å². The zero-order chi connectivity index (χ0) is 17.1. The number of hydrogen-bond donors (Lipinski definition) is 3. The number of ether oxygens (including phenoxy) is 1. The van der Waals surface area contributed by atoms with Crippen LogP contribution in [0.1, 0.15) is 5.56 Å². The van der Waals surface area contributed by atoms with Crippen molar-refractivity contribution >= 4 is 6.09 Å². The molecule has 0 fully saturated rings. The second kappa shape index (κ2) is 6.66. The summed E-state index contributed by atoms with van der Waals surface area (Å²) < 4.78 is 18.1. The van der Waals surface area contributed by atoms with Gasteiger partial charge in [-0.05, 0) is 35.5 Å². The van der Waals surface area contributed by atoms with Crippen molar-refractivity contribution < 1.29 is 19.0 Å². The van der Waals surface area contributed by atoms with Gasteiger partial charge in [0.1, 0.15) is 11.9 Å². The Kier molecular flexibility index (Phi) is 4.41. The molecule has 0 aliphatic carbocycles. The molecule has 0 spiro atoms. The van der Waals surface area contributed by atoms with Crippen LogP contribution in [0, 0.1) is 5.82 Å². The number of fused-ring (bicyclic) bond motifs is 1. The van der Waals surface area contributed by atoms with Crippen LogP contribution in [-0.4, -0.2) is 35.7 Å². The standard InChI is InChI=1S/C17H18FN3O3/c1-21-10-12-3-2-8-19-14(12)15(22)16(21)24-17(23)20-9-11-4-6-13(18)7-5-11/h2-8,14,19,22H,9-10H2,1H3,(H,20,23). The molecule has 2 aliphatic rings. The smallest absolute Gasteiger partial charge is 0.414 e. The SMILES string of the molecule is CN1CC2=CC=CNC2C(O)=C1OC(=O)NCc1ccc(F)cc1. The number of carbonyl (C=O) groups excluding carboxylic acids is 1. The fraction of sp³-hybridized carbons (Fsp3) is 0.235. The lowest BCUT2D eigenvalue weighted by Crippen LogP contribution is -2.43. The number of alkyl carbamates (subject to hydrolysis) is 1. The van der Waals surface area contributed by atoms with Crippen LogP contribution in [0.3, 0.4) is 0 Å². The molecule has 0 saturated heterocycles. The first-order chi connectivity index (χ1) is 11.5. The van der Waals surface area contributed by atoms with Crippen molar-refractivity contribution in [3.8, 4) is 0 Å². The van der Waals surface area contributed by atoms with Gasteiger partial charge in [0.05, 0.1) is 0 Å². The third kappa shape index (κ3) is 3.34. The van der Waals surface area contributed by atoms with Crippen LogP contribution in [0.15, 0.2) is 59.8 Å². The van der Waals surface area contributed by atoms with E-state index in [-0.39, 0.29) is 30.0 Å². The number of likely N-dealkylation sites (N-methyl/N-ethyl adjacent to an activating group) is 1. The number of aliphatic hydroxyl groups is 1. The third-order valence-corrected chi connectivity index (χ3v) is 3.84. The summed E-state index contributed by atoms with van der Waals surface area (Å²) in [6, 6.07) is 5.41. The molecule has 0 aromatic heterocycles. The molecule has 2 heterocycles. The molecule has 2 aliphatic heterocycles. The average molecular weight is 331 g/mol. The van der Waals surface area contributed by atoms with E-state index in [9.17, 15) is 14.3 Å². The summed E-state index contributed by atoms with van der Waals surface area (Å²) in [4.78, 5) is 13.6. The maximum Gasteiger partial charge on any atom is 0.414 e. The van der Waals surface area contributed by atoms with Crippen LogP contribution in [0.4, 0.5) is 9.18 Å². The maximum atomic E-state index is 12.8. The van der Waals surface area contributed by atoms with Gasteiger partial charge in [-0.3, -0.25) is 0 Å². The van der Waals surface area contributed by atoms with Gasteiger partial charge in [0.2, 0.25) is 5.88 Å². The number of amides is 1. The minimum Gasteiger partial charge on any atom is -0.505 e. The Hall–Kier alpha value is -2.96. The zero-order valence-corrected chi connectivity index (χ0v) is 13.1. The predicted octanol–water partition coefficient (Wildman–Crippen LogP) is 2.14. The second-order valence-electron chi connectivity index (χ2n) is 5.62. The topological polar surface area (TPSA) is 73.8 Å². The van der Waals surface area contributed by atoms with Gasteiger partial charge < -0.3 is 25.4 Å². The minimum absolute atomic E-state index is 0.0451. The molecule has 0 saturated carbocycles. The lowest BCUT2D eigenvalue weighted by Gasteiger charge is -2.34. The average Bonchev–Trinajstić information content (AvgIpc) is 2.58. The summed E-state index contributed by atoms with van der Waals surface area (Å²) in [7, 11) is 1.73. The number of nitrogens with one attached hydrogen (secondary N) is 2. The van der Waals surface area contributed by atoms with Gasteiger partial charge in [-0.25, -0.2) is 9.18 Å². The molecule has 1 aromatic rings. The molecule has 3 N–H and O–H groups in total. The van der Waals surface area contributed by atoms with Crippen molar-refractivity contribution in [2.45, 2.75) is 12.6 Å². The van der Waals surface area contributed by atoms with E-state index in [1.54, 1.807) is 30.3 Å². The van der Waals surface area contributed by atoms with E-state index in [0.29, 0.717) is 6.54 Å². The van der Waals surface area contributed by atoms with Crippen LogP contribution in [-0.2, 0) is 11.3 Å². The lowest BCUT2D eigenvalue weighted by atomic mass is 9.99. The van der Waals surface area contributed by atoms with Crippen LogP contribution in [0.2, 0.25) is 0 Å². The molecule has 0 radical (unpaired) electrons. The fourth-order valence-electron chi connectivity index (χ4n) is 2.62. The Bertz CT molecular complexity index is 725. The van der Waals surface area contributed by atoms with Crippen LogP contribution in [0.5, 0.6) is 0 Å². The van der Waals surface area contributed by atoms with Crippen LogP contribution in [0.25, 0.3) is 0 Å². The van der Waals surface area contributed by atoms with Crippen molar-refractivity contribution in [2.24, 2.45) is 0 Å². The van der Waals surface area contributed by atoms with Crippen molar-refractivity contribution in [1.29, 1.82) is 0 Å². The van der Waals surface area contributed by atoms with Gasteiger partial charge in [-0.15, -0.1) is 0 Å². The number of dihydropyridines is 1. The van der Waals surface area contributed by atoms with Gasteiger partial charge >= 0.3 is 6.09 Å². The highest BCUT2D eigenvalue weighted by Crippen LogP contribution is 2.26. The number of hydrogen-bond acceptors (Lipinski definition) is 5. The zero-order valence-electron chi connectivity index (χ0n) is 13.1. The van der Waals surface area contributed by atoms with Crippen molar-refractivity contribution in [1.82, 2.24) is 15.5 Å². The van der Waals surface area contributed by atoms with Gasteiger partial charge in [-0.2, -0.15) is 0 Å². The molecule has 6 nitrogen and oxygen atoms in total. The summed E-state index contributed by atoms with van der Waals surface area (Å²) in [6.07, 6.45) is 4.81. The van der Waals surface area contributed by atoms with Gasteiger partial charge in [0.25, 0.3) is 0 Å². The van der Waals surface area contributed by atoms with E-state index < -0.39 is 6.09 Å². The van der Waals surface area contributed by atoms with E-state index in [0.717, 1.165) is 11.1 Å². The Labute approximate surface area is 138 Å². The number of benzene rings is 1. The highest BCUT2D eigenvalue weighted by molar-refractivity contribution is 5.68. The maximum absolute atomic E-state index is 12.8. The number of aliphatic hydroxyl groups excluding tert-OH is 1. The van der Waals surface area contributed by atoms with E-state index in [1.807, 2.05) is 12.2 Å². The molecule has 3 rings (SSSR count). The van der Waals surface area contributed by atoms with Crippen LogP contribution >= 0.6 is 0 Å². The van der Waals surface area contributed by atoms with E-state index >= 15 is 0 Å². The van der Waals surface area contributed by atoms with E-state index in [1.165, 1.54) is 12.1 Å². The number of halogens is 1. The highest BCUT2D eigenvalue weighted by Gasteiger charge is 2.32. The monoisotopic (exact) mass is 331 g/mol. The number of carbonyl (C=O) groups is 1. The lowest BCUT2D eigenvalue weighted by molar-refractivity contribution is 0.120. The van der Waals surface area contributed by atoms with Gasteiger partial charge in [-0.1, -0.05) is 18.2 Å². The summed E-state index contributed by atoms with van der Waals surface area (Å²) in [5.74, 6) is -0.272. The Morgan fingerprint density at radius 1 is 1.46 bits per heavy atom. The second-order valence-corrected chi connectivity index (χ2v) is 5.62. The number of allylic oxidation sites excluding steroid dienone is 2. The summed E-state index contributed by atoms with van der Waals surface area (Å²) in [6.45, 7) is 0.735. The van der Waals surface area contributed by atoms with Crippen molar-refractivity contribution in [3.63, 3.8) is 0 Å². The van der Waals surface area contributed by atoms with E-state index in [4.69, 9.17) is 4.74 Å². The number of rotatable bonds is 3. The molecule has 24 heavy (non-hydrogen) atoms. The first kappa shape index (κ1) is 15.9. The van der Waals surface area contributed by atoms with E-state index in [2.05, 4.69) is 10.6 Å². The molecule has 1 unspecified atom stereocenters. The Morgan fingerprint density at radius 3 is 2.96 bits per heavy atom. The summed E-state index contributed by atoms with van der Waals surface area (Å²) >= 11 is 0. The first-order valence-electron chi connectivity index (χ1n) is 7.50. The number of nitrogens with zero attached hydrogens (tertiary/aromatic N) is 1. The molecule has 126 valence electrons. The van der Waals surface area contributed by atoms with Crippen LogP contribution < -0.4 is 10.6 Å². The van der Waals surface area contributed by atoms with Gasteiger partial charge in [0.15, 0.2) is 5.76 Å². The molecule has 1 aromatic carbocycles. The van der Waals surface area contributed by atoms with Gasteiger partial charge in [0, 0.05) is 20.1 Å². The molecule has 1 atom stereocenters. The first-order valence-corrected chi connectivity index (χ1v) is 7.50. The molecule has 7 heteroatoms. The fourth-order valence-corrected chi connectivity index (χ4v) is 2.62. The summed E-state index contributed by atoms with van der Waals surface area (Å²) in [5.41, 5.74) is 1.73. The summed E-state index contributed by atoms with van der Waals surface area (Å²) in [5, 5.41) is 16.0. The normalized spacial score (nSPS) is 19.3. The Balaban J connectivity index is 1.63. The minimum atomic E-state index is -0.688. The quantitative estimate of drug-likeness (QED) is 0.791. The highest BCUT2D eigenvalue weighted by atomic mass is 19.1. The predicted molar refractivity (Wildman–Crippen MR) is 86.2 cm³/mol. The largest absolute Gasteiger partial charge is 0.505 e.